The number of carbonyl (C=O) groups excluding carboxylic acids is 1. The molecule has 0 aliphatic carbocycles. The number of aryl methyl sites for hydroxylation is 1. The van der Waals surface area contributed by atoms with Crippen LogP contribution in [-0.4, -0.2) is 15.7 Å². The Bertz CT molecular complexity index is 796. The molecule has 0 aliphatic heterocycles. The molecule has 0 saturated carbocycles. The Balaban J connectivity index is 1.66. The highest BCUT2D eigenvalue weighted by Crippen LogP contribution is 2.23. The first-order valence-electron chi connectivity index (χ1n) is 7.07. The number of amides is 1. The highest BCUT2D eigenvalue weighted by molar-refractivity contribution is 5.92. The molecule has 1 atom stereocenters. The minimum absolute atomic E-state index is 0.170. The van der Waals surface area contributed by atoms with E-state index in [1.165, 1.54) is 6.08 Å². The molecular weight excluding hydrogens is 278 g/mol. The van der Waals surface area contributed by atoms with Gasteiger partial charge in [0.2, 0.25) is 5.91 Å². The van der Waals surface area contributed by atoms with Gasteiger partial charge in [-0.25, -0.2) is 0 Å². The van der Waals surface area contributed by atoms with Crippen LogP contribution in [0.4, 0.5) is 0 Å². The number of fused-ring (bicyclic) bond motifs is 1. The summed E-state index contributed by atoms with van der Waals surface area (Å²) in [6.07, 6.45) is 6.77. The fourth-order valence-electron chi connectivity index (χ4n) is 2.25. The molecule has 1 N–H and O–H groups in total. The zero-order chi connectivity index (χ0) is 15.5. The van der Waals surface area contributed by atoms with Crippen LogP contribution >= 0.6 is 0 Å². The maximum atomic E-state index is 12.0. The molecule has 5 heteroatoms. The molecule has 0 radical (unpaired) electrons. The molecule has 3 aromatic rings. The normalized spacial score (nSPS) is 12.8. The van der Waals surface area contributed by atoms with Crippen LogP contribution in [0.2, 0.25) is 0 Å². The summed E-state index contributed by atoms with van der Waals surface area (Å²) in [6.45, 7) is 1.90. The van der Waals surface area contributed by atoms with Crippen LogP contribution in [0, 0.1) is 0 Å². The first kappa shape index (κ1) is 14.1. The van der Waals surface area contributed by atoms with Gasteiger partial charge in [-0.1, -0.05) is 18.2 Å². The lowest BCUT2D eigenvalue weighted by Crippen LogP contribution is -2.24. The Hall–Kier alpha value is -2.82. The van der Waals surface area contributed by atoms with Gasteiger partial charge >= 0.3 is 0 Å². The Kier molecular flexibility index (Phi) is 3.78. The van der Waals surface area contributed by atoms with Crippen LogP contribution in [0.15, 0.2) is 53.2 Å². The molecule has 2 aromatic heterocycles. The van der Waals surface area contributed by atoms with Crippen LogP contribution in [0.25, 0.3) is 17.0 Å². The number of aromatic nitrogens is 2. The monoisotopic (exact) mass is 295 g/mol. The highest BCUT2D eigenvalue weighted by Gasteiger charge is 2.12. The number of para-hydroxylation sites is 1. The van der Waals surface area contributed by atoms with Crippen molar-refractivity contribution in [2.45, 2.75) is 13.0 Å². The van der Waals surface area contributed by atoms with Gasteiger partial charge < -0.3 is 9.73 Å². The van der Waals surface area contributed by atoms with Gasteiger partial charge in [-0.2, -0.15) is 5.10 Å². The first-order valence-corrected chi connectivity index (χ1v) is 7.07. The third kappa shape index (κ3) is 3.09. The number of nitrogens with one attached hydrogen (secondary N) is 1. The number of nitrogens with zero attached hydrogens (tertiary/aromatic N) is 2. The molecule has 0 aliphatic rings. The lowest BCUT2D eigenvalue weighted by molar-refractivity contribution is -0.117. The summed E-state index contributed by atoms with van der Waals surface area (Å²) < 4.78 is 7.43. The SMILES string of the molecule is C[C@H](NC(=O)/C=C/c1cnn(C)c1)c1cc2ccccc2o1. The summed E-state index contributed by atoms with van der Waals surface area (Å²) in [7, 11) is 1.83. The van der Waals surface area contributed by atoms with Gasteiger partial charge in [0.1, 0.15) is 11.3 Å². The second-order valence-electron chi connectivity index (χ2n) is 5.20. The molecule has 0 bridgehead atoms. The van der Waals surface area contributed by atoms with Crippen molar-refractivity contribution in [3.8, 4) is 0 Å². The molecule has 112 valence electrons. The Morgan fingerprint density at radius 1 is 1.41 bits per heavy atom. The average Bonchev–Trinajstić information content (AvgIpc) is 3.11. The van der Waals surface area contributed by atoms with Crippen LogP contribution in [-0.2, 0) is 11.8 Å². The van der Waals surface area contributed by atoms with E-state index in [0.29, 0.717) is 0 Å². The lowest BCUT2D eigenvalue weighted by atomic mass is 10.2. The maximum Gasteiger partial charge on any atom is 0.244 e. The number of furan rings is 1. The molecule has 0 fully saturated rings. The van der Waals surface area contributed by atoms with Crippen molar-refractivity contribution in [2.24, 2.45) is 7.05 Å². The molecule has 22 heavy (non-hydrogen) atoms. The van der Waals surface area contributed by atoms with E-state index in [9.17, 15) is 4.79 Å². The van der Waals surface area contributed by atoms with Crippen molar-refractivity contribution in [3.05, 3.63) is 60.1 Å². The number of hydrogen-bond donors (Lipinski definition) is 1. The van der Waals surface area contributed by atoms with Crippen molar-refractivity contribution < 1.29 is 9.21 Å². The van der Waals surface area contributed by atoms with E-state index in [1.807, 2.05) is 50.5 Å². The number of hydrogen-bond acceptors (Lipinski definition) is 3. The molecule has 2 heterocycles. The zero-order valence-electron chi connectivity index (χ0n) is 12.5. The minimum Gasteiger partial charge on any atom is -0.459 e. The minimum atomic E-state index is -0.196. The van der Waals surface area contributed by atoms with Gasteiger partial charge in [-0.15, -0.1) is 0 Å². The summed E-state index contributed by atoms with van der Waals surface area (Å²) in [4.78, 5) is 12.0. The first-order chi connectivity index (χ1) is 10.6. The molecule has 0 spiro atoms. The van der Waals surface area contributed by atoms with E-state index in [1.54, 1.807) is 17.0 Å². The second-order valence-corrected chi connectivity index (χ2v) is 5.20. The molecule has 0 unspecified atom stereocenters. The topological polar surface area (TPSA) is 60.1 Å². The standard InChI is InChI=1S/C17H17N3O2/c1-12(16-9-14-5-3-4-6-15(14)22-16)19-17(21)8-7-13-10-18-20(2)11-13/h3-12H,1-2H3,(H,19,21)/b8-7+/t12-/m0/s1. The van der Waals surface area contributed by atoms with E-state index in [0.717, 1.165) is 22.3 Å². The number of carbonyl (C=O) groups is 1. The molecule has 5 nitrogen and oxygen atoms in total. The van der Waals surface area contributed by atoms with E-state index in [4.69, 9.17) is 4.42 Å². The van der Waals surface area contributed by atoms with Crippen LogP contribution in [0.5, 0.6) is 0 Å². The molecule has 3 rings (SSSR count). The summed E-state index contributed by atoms with van der Waals surface area (Å²) >= 11 is 0. The van der Waals surface area contributed by atoms with Crippen LogP contribution < -0.4 is 5.32 Å². The molecule has 1 aromatic carbocycles. The van der Waals surface area contributed by atoms with E-state index in [2.05, 4.69) is 10.4 Å². The van der Waals surface area contributed by atoms with Gasteiger partial charge in [-0.05, 0) is 25.1 Å². The number of rotatable bonds is 4. The quantitative estimate of drug-likeness (QED) is 0.753. The van der Waals surface area contributed by atoms with E-state index >= 15 is 0 Å². The van der Waals surface area contributed by atoms with Crippen molar-refractivity contribution in [1.82, 2.24) is 15.1 Å². The van der Waals surface area contributed by atoms with Gasteiger partial charge in [0, 0.05) is 30.3 Å². The largest absolute Gasteiger partial charge is 0.459 e. The van der Waals surface area contributed by atoms with Crippen LogP contribution in [0.1, 0.15) is 24.3 Å². The molecule has 0 saturated heterocycles. The summed E-state index contributed by atoms with van der Waals surface area (Å²) in [6, 6.07) is 9.54. The third-order valence-corrected chi connectivity index (χ3v) is 3.38. The van der Waals surface area contributed by atoms with Crippen molar-refractivity contribution in [3.63, 3.8) is 0 Å². The highest BCUT2D eigenvalue weighted by atomic mass is 16.3. The van der Waals surface area contributed by atoms with E-state index in [-0.39, 0.29) is 11.9 Å². The third-order valence-electron chi connectivity index (χ3n) is 3.38. The smallest absolute Gasteiger partial charge is 0.244 e. The van der Waals surface area contributed by atoms with E-state index < -0.39 is 0 Å². The van der Waals surface area contributed by atoms with Gasteiger partial charge in [0.25, 0.3) is 0 Å². The number of benzene rings is 1. The predicted molar refractivity (Wildman–Crippen MR) is 85.0 cm³/mol. The lowest BCUT2D eigenvalue weighted by Gasteiger charge is -2.08. The van der Waals surface area contributed by atoms with Gasteiger partial charge in [-0.3, -0.25) is 9.48 Å². The maximum absolute atomic E-state index is 12.0. The van der Waals surface area contributed by atoms with Crippen LogP contribution in [0.3, 0.4) is 0 Å². The Morgan fingerprint density at radius 2 is 2.23 bits per heavy atom. The predicted octanol–water partition coefficient (Wildman–Crippen LogP) is 3.06. The fraction of sp³-hybridized carbons (Fsp3) is 0.176. The molecular formula is C17H17N3O2. The Labute approximate surface area is 128 Å². The van der Waals surface area contributed by atoms with Crippen molar-refractivity contribution in [1.29, 1.82) is 0 Å². The molecule has 1 amide bonds. The summed E-state index contributed by atoms with van der Waals surface area (Å²) in [5.74, 6) is 0.570. The van der Waals surface area contributed by atoms with Crippen molar-refractivity contribution in [2.75, 3.05) is 0 Å². The average molecular weight is 295 g/mol. The summed E-state index contributed by atoms with van der Waals surface area (Å²) in [5, 5.41) is 7.97. The zero-order valence-corrected chi connectivity index (χ0v) is 12.5. The van der Waals surface area contributed by atoms with Gasteiger partial charge in [0.15, 0.2) is 0 Å². The Morgan fingerprint density at radius 3 is 2.95 bits per heavy atom. The fourth-order valence-corrected chi connectivity index (χ4v) is 2.25. The second kappa shape index (κ2) is 5.89. The van der Waals surface area contributed by atoms with Gasteiger partial charge in [0.05, 0.1) is 12.2 Å². The summed E-state index contributed by atoms with van der Waals surface area (Å²) in [5.41, 5.74) is 1.71. The van der Waals surface area contributed by atoms with Crippen molar-refractivity contribution >= 4 is 23.0 Å².